The lowest BCUT2D eigenvalue weighted by Gasteiger charge is -2.14. The Morgan fingerprint density at radius 2 is 1.67 bits per heavy atom. The van der Waals surface area contributed by atoms with E-state index in [1.165, 1.54) is 18.5 Å². The van der Waals surface area contributed by atoms with Gasteiger partial charge in [0.2, 0.25) is 5.88 Å². The number of aromatic nitrogens is 4. The summed E-state index contributed by atoms with van der Waals surface area (Å²) in [6, 6.07) is 12.7. The van der Waals surface area contributed by atoms with Gasteiger partial charge in [-0.25, -0.2) is 24.2 Å². The molecule has 0 aliphatic carbocycles. The maximum absolute atomic E-state index is 13.1. The van der Waals surface area contributed by atoms with Crippen LogP contribution in [0.3, 0.4) is 0 Å². The van der Waals surface area contributed by atoms with E-state index in [2.05, 4.69) is 31.2 Å². The number of halogens is 2. The number of urea groups is 2. The molecule has 226 valence electrons. The average molecular weight is 628 g/mol. The Morgan fingerprint density at radius 1 is 0.930 bits per heavy atom. The molecule has 0 atom stereocenters. The number of ether oxygens (including phenoxy) is 2. The summed E-state index contributed by atoms with van der Waals surface area (Å²) in [6.45, 7) is 8.57. The van der Waals surface area contributed by atoms with Crippen molar-refractivity contribution in [2.75, 3.05) is 29.6 Å². The molecule has 0 saturated heterocycles. The van der Waals surface area contributed by atoms with Crippen molar-refractivity contribution in [3.63, 3.8) is 0 Å². The highest BCUT2D eigenvalue weighted by molar-refractivity contribution is 6.45. The highest BCUT2D eigenvalue weighted by Gasteiger charge is 2.22. The summed E-state index contributed by atoms with van der Waals surface area (Å²) in [5.74, 6) is 1.69. The standard InChI is InChI=1S/C29H32Cl2N8O4/c1-6-13-32-27(40)36-22-15-24(34-16-33-22)43-20-12-11-19(25(30)26(20)31)35-28(41)37-23-14-21(29(2,3)4)38-39(23)17-7-9-18(42-5)10-8-17/h7-12,14-16H,6,13H2,1-5H3,(H2,35,37,41)(H2,32,33,34,36,40). The zero-order valence-corrected chi connectivity index (χ0v) is 25.8. The van der Waals surface area contributed by atoms with Crippen LogP contribution in [0.1, 0.15) is 39.8 Å². The van der Waals surface area contributed by atoms with Crippen LogP contribution in [0.25, 0.3) is 5.69 Å². The molecule has 0 spiro atoms. The Balaban J connectivity index is 1.49. The first-order chi connectivity index (χ1) is 20.5. The largest absolute Gasteiger partial charge is 0.497 e. The van der Waals surface area contributed by atoms with Crippen LogP contribution in [0.2, 0.25) is 10.0 Å². The molecular weight excluding hydrogens is 595 g/mol. The van der Waals surface area contributed by atoms with E-state index in [4.69, 9.17) is 37.8 Å². The number of carbonyl (C=O) groups excluding carboxylic acids is 2. The third-order valence-corrected chi connectivity index (χ3v) is 6.83. The zero-order valence-electron chi connectivity index (χ0n) is 24.3. The molecule has 4 N–H and O–H groups in total. The lowest BCUT2D eigenvalue weighted by molar-refractivity contribution is 0.252. The molecule has 0 radical (unpaired) electrons. The van der Waals surface area contributed by atoms with Gasteiger partial charge in [0.15, 0.2) is 0 Å². The summed E-state index contributed by atoms with van der Waals surface area (Å²) >= 11 is 13.0. The van der Waals surface area contributed by atoms with Crippen LogP contribution in [0.4, 0.5) is 26.9 Å². The number of rotatable bonds is 9. The van der Waals surface area contributed by atoms with Crippen molar-refractivity contribution in [3.8, 4) is 23.1 Å². The van der Waals surface area contributed by atoms with E-state index in [9.17, 15) is 9.59 Å². The molecule has 14 heteroatoms. The minimum atomic E-state index is -0.561. The minimum Gasteiger partial charge on any atom is -0.497 e. The van der Waals surface area contributed by atoms with Crippen molar-refractivity contribution in [3.05, 3.63) is 70.6 Å². The monoisotopic (exact) mass is 626 g/mol. The number of anilines is 3. The first kappa shape index (κ1) is 31.4. The van der Waals surface area contributed by atoms with Gasteiger partial charge in [-0.1, -0.05) is 50.9 Å². The van der Waals surface area contributed by atoms with E-state index >= 15 is 0 Å². The fourth-order valence-electron chi connectivity index (χ4n) is 3.71. The van der Waals surface area contributed by atoms with Crippen LogP contribution in [0.15, 0.2) is 54.9 Å². The molecule has 2 heterocycles. The van der Waals surface area contributed by atoms with Gasteiger partial charge in [-0.2, -0.15) is 5.10 Å². The number of hydrogen-bond acceptors (Lipinski definition) is 7. The van der Waals surface area contributed by atoms with Crippen molar-refractivity contribution < 1.29 is 19.1 Å². The fourth-order valence-corrected chi connectivity index (χ4v) is 4.12. The number of nitrogens with one attached hydrogen (secondary N) is 4. The summed E-state index contributed by atoms with van der Waals surface area (Å²) in [7, 11) is 1.59. The predicted molar refractivity (Wildman–Crippen MR) is 167 cm³/mol. The normalized spacial score (nSPS) is 11.0. The van der Waals surface area contributed by atoms with Crippen LogP contribution in [-0.2, 0) is 5.41 Å². The highest BCUT2D eigenvalue weighted by Crippen LogP contribution is 2.39. The number of carbonyl (C=O) groups is 2. The minimum absolute atomic E-state index is 0.0478. The molecule has 4 aromatic rings. The van der Waals surface area contributed by atoms with Crippen molar-refractivity contribution >= 4 is 52.6 Å². The Labute approximate surface area is 259 Å². The molecule has 2 aromatic carbocycles. The van der Waals surface area contributed by atoms with E-state index in [1.807, 2.05) is 58.0 Å². The maximum atomic E-state index is 13.1. The molecule has 43 heavy (non-hydrogen) atoms. The molecule has 0 bridgehead atoms. The molecule has 2 aromatic heterocycles. The quantitative estimate of drug-likeness (QED) is 0.153. The summed E-state index contributed by atoms with van der Waals surface area (Å²) in [5.41, 5.74) is 1.50. The predicted octanol–water partition coefficient (Wildman–Crippen LogP) is 7.24. The summed E-state index contributed by atoms with van der Waals surface area (Å²) in [5, 5.41) is 15.7. The smallest absolute Gasteiger partial charge is 0.324 e. The Hall–Kier alpha value is -4.55. The average Bonchev–Trinajstić information content (AvgIpc) is 3.40. The second-order valence-electron chi connectivity index (χ2n) is 10.3. The second kappa shape index (κ2) is 13.6. The Kier molecular flexibility index (Phi) is 9.94. The fraction of sp³-hybridized carbons (Fsp3) is 0.276. The second-order valence-corrected chi connectivity index (χ2v) is 11.1. The molecule has 4 rings (SSSR count). The van der Waals surface area contributed by atoms with Gasteiger partial charge in [0, 0.05) is 24.1 Å². The van der Waals surface area contributed by atoms with E-state index in [-0.39, 0.29) is 38.6 Å². The van der Waals surface area contributed by atoms with Gasteiger partial charge in [-0.05, 0) is 42.8 Å². The molecular formula is C29H32Cl2N8O4. The highest BCUT2D eigenvalue weighted by atomic mass is 35.5. The summed E-state index contributed by atoms with van der Waals surface area (Å²) < 4.78 is 12.7. The molecule has 0 aliphatic rings. The number of methoxy groups -OCH3 is 1. The Morgan fingerprint density at radius 3 is 2.35 bits per heavy atom. The number of hydrogen-bond donors (Lipinski definition) is 4. The number of benzene rings is 2. The van der Waals surface area contributed by atoms with E-state index in [0.717, 1.165) is 17.8 Å². The Bertz CT molecular complexity index is 1600. The summed E-state index contributed by atoms with van der Waals surface area (Å²) in [4.78, 5) is 33.1. The van der Waals surface area contributed by atoms with Gasteiger partial charge in [0.25, 0.3) is 0 Å². The number of nitrogens with zero attached hydrogens (tertiary/aromatic N) is 4. The molecule has 0 fully saturated rings. The van der Waals surface area contributed by atoms with E-state index in [1.54, 1.807) is 17.9 Å². The molecule has 0 unspecified atom stereocenters. The first-order valence-electron chi connectivity index (χ1n) is 13.3. The third-order valence-electron chi connectivity index (χ3n) is 5.97. The van der Waals surface area contributed by atoms with E-state index < -0.39 is 12.1 Å². The van der Waals surface area contributed by atoms with Gasteiger partial charge in [-0.3, -0.25) is 10.6 Å². The lowest BCUT2D eigenvalue weighted by atomic mass is 9.92. The topological polar surface area (TPSA) is 144 Å². The molecule has 0 saturated carbocycles. The van der Waals surface area contributed by atoms with Crippen LogP contribution < -0.4 is 30.7 Å². The first-order valence-corrected chi connectivity index (χ1v) is 14.1. The van der Waals surface area contributed by atoms with Crippen molar-refractivity contribution in [1.29, 1.82) is 0 Å². The van der Waals surface area contributed by atoms with Gasteiger partial charge >= 0.3 is 12.1 Å². The van der Waals surface area contributed by atoms with Crippen LogP contribution >= 0.6 is 23.2 Å². The maximum Gasteiger partial charge on any atom is 0.324 e. The van der Waals surface area contributed by atoms with Crippen molar-refractivity contribution in [2.24, 2.45) is 0 Å². The van der Waals surface area contributed by atoms with Crippen LogP contribution in [0.5, 0.6) is 17.4 Å². The van der Waals surface area contributed by atoms with Gasteiger partial charge in [-0.15, -0.1) is 0 Å². The summed E-state index contributed by atoms with van der Waals surface area (Å²) in [6.07, 6.45) is 2.03. The SMILES string of the molecule is CCCNC(=O)Nc1cc(Oc2ccc(NC(=O)Nc3cc(C(C)(C)C)nn3-c3ccc(OC)cc3)c(Cl)c2Cl)ncn1. The van der Waals surface area contributed by atoms with Gasteiger partial charge in [0.1, 0.15) is 34.5 Å². The zero-order chi connectivity index (χ0) is 31.1. The number of amides is 4. The lowest BCUT2D eigenvalue weighted by Crippen LogP contribution is -2.29. The van der Waals surface area contributed by atoms with Crippen LogP contribution in [-0.4, -0.2) is 45.5 Å². The van der Waals surface area contributed by atoms with Gasteiger partial charge < -0.3 is 20.1 Å². The van der Waals surface area contributed by atoms with Crippen molar-refractivity contribution in [2.45, 2.75) is 39.5 Å². The van der Waals surface area contributed by atoms with E-state index in [0.29, 0.717) is 18.1 Å². The van der Waals surface area contributed by atoms with Crippen molar-refractivity contribution in [1.82, 2.24) is 25.1 Å². The molecule has 12 nitrogen and oxygen atoms in total. The van der Waals surface area contributed by atoms with Gasteiger partial charge in [0.05, 0.1) is 29.2 Å². The third kappa shape index (κ3) is 8.05. The van der Waals surface area contributed by atoms with Crippen LogP contribution in [0, 0.1) is 0 Å². The molecule has 4 amide bonds. The molecule has 0 aliphatic heterocycles.